The lowest BCUT2D eigenvalue weighted by molar-refractivity contribution is 0.0224. The largest absolute Gasteiger partial charge is 0.456 e. The smallest absolute Gasteiger partial charge is 0.340 e. The van der Waals surface area contributed by atoms with Crippen LogP contribution in [-0.2, 0) is 16.9 Å². The van der Waals surface area contributed by atoms with Gasteiger partial charge in [-0.1, -0.05) is 60.1 Å². The summed E-state index contributed by atoms with van der Waals surface area (Å²) in [7, 11) is 0. The molecular formula is C30H25ClN2O3. The summed E-state index contributed by atoms with van der Waals surface area (Å²) in [4.78, 5) is 13.2. The Morgan fingerprint density at radius 3 is 2.36 bits per heavy atom. The number of rotatable bonds is 5. The molecule has 0 fully saturated rings. The first-order chi connectivity index (χ1) is 17.5. The van der Waals surface area contributed by atoms with Crippen molar-refractivity contribution in [2.75, 3.05) is 17.2 Å². The first kappa shape index (κ1) is 22.5. The Labute approximate surface area is 215 Å². The fraction of sp³-hybridized carbons (Fsp3) is 0.167. The zero-order chi connectivity index (χ0) is 24.9. The Morgan fingerprint density at radius 1 is 0.833 bits per heavy atom. The van der Waals surface area contributed by atoms with Crippen LogP contribution >= 0.6 is 11.6 Å². The molecule has 1 atom stereocenters. The number of anilines is 2. The van der Waals surface area contributed by atoms with Crippen LogP contribution in [0.25, 0.3) is 0 Å². The molecule has 4 aromatic rings. The number of carbonyl (C=O) groups excluding carboxylic acids is 1. The van der Waals surface area contributed by atoms with Crippen molar-refractivity contribution in [3.63, 3.8) is 0 Å². The van der Waals surface area contributed by atoms with Crippen molar-refractivity contribution in [1.29, 1.82) is 0 Å². The monoisotopic (exact) mass is 496 g/mol. The third kappa shape index (κ3) is 3.42. The number of hydrogen-bond acceptors (Lipinski definition) is 5. The van der Waals surface area contributed by atoms with Crippen LogP contribution in [-0.4, -0.2) is 12.5 Å². The molecule has 36 heavy (non-hydrogen) atoms. The molecule has 2 aliphatic rings. The zero-order valence-corrected chi connectivity index (χ0v) is 20.8. The number of benzene rings is 4. The third-order valence-corrected chi connectivity index (χ3v) is 7.15. The SMILES string of the molecule is CCNc1cc2c(cc1C)C1(OC(=O)c3ccccc31)c1cc(NCc3ccccc3)c(Cl)cc1O2. The van der Waals surface area contributed by atoms with Crippen molar-refractivity contribution in [3.8, 4) is 11.5 Å². The van der Waals surface area contributed by atoms with Gasteiger partial charge in [0.25, 0.3) is 0 Å². The van der Waals surface area contributed by atoms with Gasteiger partial charge >= 0.3 is 5.97 Å². The quantitative estimate of drug-likeness (QED) is 0.285. The van der Waals surface area contributed by atoms with Crippen molar-refractivity contribution in [2.45, 2.75) is 26.0 Å². The van der Waals surface area contributed by atoms with Gasteiger partial charge in [0.1, 0.15) is 11.5 Å². The molecule has 6 rings (SSSR count). The fourth-order valence-electron chi connectivity index (χ4n) is 5.15. The van der Waals surface area contributed by atoms with Crippen LogP contribution in [0.3, 0.4) is 0 Å². The first-order valence-corrected chi connectivity index (χ1v) is 12.4. The summed E-state index contributed by atoms with van der Waals surface area (Å²) in [5.74, 6) is 0.842. The maximum absolute atomic E-state index is 13.2. The van der Waals surface area contributed by atoms with Gasteiger partial charge in [0.2, 0.25) is 0 Å². The van der Waals surface area contributed by atoms with Crippen molar-refractivity contribution in [2.24, 2.45) is 0 Å². The highest BCUT2D eigenvalue weighted by Crippen LogP contribution is 2.58. The normalized spacial score (nSPS) is 17.0. The van der Waals surface area contributed by atoms with E-state index in [1.165, 1.54) is 0 Å². The lowest BCUT2D eigenvalue weighted by Gasteiger charge is -2.37. The van der Waals surface area contributed by atoms with Crippen molar-refractivity contribution < 1.29 is 14.3 Å². The Morgan fingerprint density at radius 2 is 1.56 bits per heavy atom. The van der Waals surface area contributed by atoms with E-state index in [1.807, 2.05) is 61.5 Å². The number of halogens is 1. The van der Waals surface area contributed by atoms with E-state index in [0.717, 1.165) is 45.7 Å². The maximum atomic E-state index is 13.2. The minimum atomic E-state index is -1.14. The molecule has 6 heteroatoms. The zero-order valence-electron chi connectivity index (χ0n) is 20.0. The van der Waals surface area contributed by atoms with Crippen molar-refractivity contribution >= 4 is 28.9 Å². The van der Waals surface area contributed by atoms with E-state index in [9.17, 15) is 4.79 Å². The second-order valence-corrected chi connectivity index (χ2v) is 9.49. The van der Waals surface area contributed by atoms with Crippen LogP contribution in [0.1, 0.15) is 45.1 Å². The predicted octanol–water partition coefficient (Wildman–Crippen LogP) is 7.26. The first-order valence-electron chi connectivity index (χ1n) is 12.0. The molecule has 180 valence electrons. The molecule has 0 aromatic heterocycles. The molecule has 0 aliphatic carbocycles. The van der Waals surface area contributed by atoms with Crippen LogP contribution in [0, 0.1) is 6.92 Å². The number of nitrogens with one attached hydrogen (secondary N) is 2. The lowest BCUT2D eigenvalue weighted by atomic mass is 9.77. The predicted molar refractivity (Wildman–Crippen MR) is 142 cm³/mol. The Kier molecular flexibility index (Phi) is 5.38. The number of carbonyl (C=O) groups is 1. The van der Waals surface area contributed by atoms with Gasteiger partial charge in [0.05, 0.1) is 16.3 Å². The molecule has 0 saturated heterocycles. The van der Waals surface area contributed by atoms with Crippen LogP contribution in [0.4, 0.5) is 11.4 Å². The number of ether oxygens (including phenoxy) is 2. The molecule has 0 radical (unpaired) electrons. The van der Waals surface area contributed by atoms with Gasteiger partial charge in [-0.05, 0) is 43.2 Å². The summed E-state index contributed by atoms with van der Waals surface area (Å²) in [6.07, 6.45) is 0. The van der Waals surface area contributed by atoms with Crippen molar-refractivity contribution in [3.05, 3.63) is 117 Å². The molecule has 2 N–H and O–H groups in total. The summed E-state index contributed by atoms with van der Waals surface area (Å²) in [5, 5.41) is 7.36. The molecule has 2 aliphatic heterocycles. The van der Waals surface area contributed by atoms with E-state index < -0.39 is 5.60 Å². The van der Waals surface area contributed by atoms with Gasteiger partial charge < -0.3 is 20.1 Å². The standard InChI is InChI=1S/C30H25ClN2O3/c1-3-32-25-16-28-22(13-18(25)2)30(21-12-8-7-11-20(21)29(34)36-30)23-14-26(24(31)15-27(23)35-28)33-17-19-9-5-4-6-10-19/h4-16,32-33H,3,17H2,1-2H3. The minimum absolute atomic E-state index is 0.355. The lowest BCUT2D eigenvalue weighted by Crippen LogP contribution is -2.33. The number of hydrogen-bond donors (Lipinski definition) is 2. The van der Waals surface area contributed by atoms with Crippen molar-refractivity contribution in [1.82, 2.24) is 0 Å². The third-order valence-electron chi connectivity index (χ3n) is 6.84. The second-order valence-electron chi connectivity index (χ2n) is 9.08. The summed E-state index contributed by atoms with van der Waals surface area (Å²) < 4.78 is 12.7. The molecule has 1 unspecified atom stereocenters. The van der Waals surface area contributed by atoms with E-state index in [2.05, 4.69) is 35.8 Å². The van der Waals surface area contributed by atoms with Crippen LogP contribution in [0.2, 0.25) is 5.02 Å². The van der Waals surface area contributed by atoms with Gasteiger partial charge in [-0.15, -0.1) is 0 Å². The molecule has 4 aromatic carbocycles. The Balaban J connectivity index is 1.55. The van der Waals surface area contributed by atoms with Gasteiger partial charge in [-0.25, -0.2) is 4.79 Å². The van der Waals surface area contributed by atoms with E-state index in [-0.39, 0.29) is 5.97 Å². The van der Waals surface area contributed by atoms with Gasteiger partial charge in [-0.2, -0.15) is 0 Å². The summed E-state index contributed by atoms with van der Waals surface area (Å²) in [6, 6.07) is 25.4. The summed E-state index contributed by atoms with van der Waals surface area (Å²) >= 11 is 6.72. The van der Waals surface area contributed by atoms with E-state index in [4.69, 9.17) is 21.1 Å². The van der Waals surface area contributed by atoms with Gasteiger partial charge in [-0.3, -0.25) is 0 Å². The molecule has 5 nitrogen and oxygen atoms in total. The maximum Gasteiger partial charge on any atom is 0.340 e. The van der Waals surface area contributed by atoms with Crippen LogP contribution in [0.15, 0.2) is 78.9 Å². The highest BCUT2D eigenvalue weighted by molar-refractivity contribution is 6.33. The van der Waals surface area contributed by atoms with E-state index in [1.54, 1.807) is 6.07 Å². The summed E-state index contributed by atoms with van der Waals surface area (Å²) in [6.45, 7) is 5.47. The molecule has 0 saturated carbocycles. The molecule has 0 bridgehead atoms. The highest BCUT2D eigenvalue weighted by atomic mass is 35.5. The number of esters is 1. The average Bonchev–Trinajstić information content (AvgIpc) is 3.18. The van der Waals surface area contributed by atoms with E-state index >= 15 is 0 Å². The van der Waals surface area contributed by atoms with Gasteiger partial charge in [0.15, 0.2) is 5.60 Å². The fourth-order valence-corrected chi connectivity index (χ4v) is 5.37. The average molecular weight is 497 g/mol. The van der Waals surface area contributed by atoms with E-state index in [0.29, 0.717) is 28.6 Å². The Hall–Kier alpha value is -3.96. The van der Waals surface area contributed by atoms with Crippen LogP contribution in [0.5, 0.6) is 11.5 Å². The highest BCUT2D eigenvalue weighted by Gasteiger charge is 2.53. The molecular weight excluding hydrogens is 472 g/mol. The Bertz CT molecular complexity index is 1500. The molecule has 0 amide bonds. The van der Waals surface area contributed by atoms with Gasteiger partial charge in [0, 0.05) is 47.6 Å². The molecule has 1 spiro atoms. The summed E-state index contributed by atoms with van der Waals surface area (Å²) in [5.41, 5.74) is 5.64. The number of aryl methyl sites for hydroxylation is 1. The molecule has 2 heterocycles. The topological polar surface area (TPSA) is 59.6 Å². The van der Waals surface area contributed by atoms with Crippen LogP contribution < -0.4 is 15.4 Å². The number of fused-ring (bicyclic) bond motifs is 6. The second kappa shape index (κ2) is 8.61. The minimum Gasteiger partial charge on any atom is -0.456 e.